The van der Waals surface area contributed by atoms with Crippen LogP contribution in [-0.4, -0.2) is 23.1 Å². The fourth-order valence-electron chi connectivity index (χ4n) is 3.77. The quantitative estimate of drug-likeness (QED) is 0.684. The molecule has 5 heteroatoms. The molecule has 0 bridgehead atoms. The molecule has 1 unspecified atom stereocenters. The second kappa shape index (κ2) is 6.87. The van der Waals surface area contributed by atoms with E-state index in [1.165, 1.54) is 17.8 Å². The molecule has 1 aromatic heterocycles. The highest BCUT2D eigenvalue weighted by Gasteiger charge is 2.32. The average Bonchev–Trinajstić information content (AvgIpc) is 2.85. The summed E-state index contributed by atoms with van der Waals surface area (Å²) in [5.41, 5.74) is 2.64. The van der Waals surface area contributed by atoms with E-state index in [4.69, 9.17) is 0 Å². The Balaban J connectivity index is 2.07. The van der Waals surface area contributed by atoms with Gasteiger partial charge in [-0.05, 0) is 50.1 Å². The first kappa shape index (κ1) is 18.1. The molecule has 0 amide bonds. The molecule has 2 heterocycles. The fourth-order valence-corrected chi connectivity index (χ4v) is 3.77. The Bertz CT molecular complexity index is 786. The maximum absolute atomic E-state index is 13.1. The molecule has 0 aliphatic carbocycles. The number of hydrogen-bond acceptors (Lipinski definition) is 1. The van der Waals surface area contributed by atoms with Gasteiger partial charge in [0, 0.05) is 42.7 Å². The smallest absolute Gasteiger partial charge is 0.344 e. The van der Waals surface area contributed by atoms with Crippen molar-refractivity contribution in [2.45, 2.75) is 46.0 Å². The Kier molecular flexibility index (Phi) is 4.96. The number of nitrogens with zero attached hydrogens (tertiary/aromatic N) is 2. The van der Waals surface area contributed by atoms with E-state index in [0.717, 1.165) is 42.4 Å². The van der Waals surface area contributed by atoms with Crippen LogP contribution >= 0.6 is 0 Å². The summed E-state index contributed by atoms with van der Waals surface area (Å²) in [6, 6.07) is 4.19. The predicted molar refractivity (Wildman–Crippen MR) is 95.6 cm³/mol. The van der Waals surface area contributed by atoms with Gasteiger partial charge in [-0.1, -0.05) is 19.1 Å². The summed E-state index contributed by atoms with van der Waals surface area (Å²) in [6.07, 6.45) is 1.80. The topological polar surface area (TPSA) is 8.17 Å². The molecule has 2 nitrogen and oxygen atoms in total. The number of hydrogen-bond donors (Lipinski definition) is 0. The number of likely N-dealkylation sites (N-methyl/N-ethyl adjacent to an activating group) is 1. The van der Waals surface area contributed by atoms with Crippen LogP contribution in [0.4, 0.5) is 13.2 Å². The molecule has 25 heavy (non-hydrogen) atoms. The number of fused-ring (bicyclic) bond motifs is 3. The fraction of sp³-hybridized carbons (Fsp3) is 0.500. The predicted octanol–water partition coefficient (Wildman–Crippen LogP) is 5.25. The van der Waals surface area contributed by atoms with Gasteiger partial charge in [0.1, 0.15) is 0 Å². The van der Waals surface area contributed by atoms with Crippen molar-refractivity contribution in [2.75, 3.05) is 13.6 Å². The molecule has 2 aromatic rings. The highest BCUT2D eigenvalue weighted by molar-refractivity contribution is 5.86. The number of halogens is 3. The van der Waals surface area contributed by atoms with Gasteiger partial charge in [-0.3, -0.25) is 0 Å². The molecule has 0 N–H and O–H groups in total. The van der Waals surface area contributed by atoms with E-state index in [1.807, 2.05) is 14.0 Å². The van der Waals surface area contributed by atoms with E-state index in [1.54, 1.807) is 6.07 Å². The maximum Gasteiger partial charge on any atom is 0.416 e. The molecular weight excluding hydrogens is 325 g/mol. The van der Waals surface area contributed by atoms with Gasteiger partial charge in [0.05, 0.1) is 5.56 Å². The average molecular weight is 350 g/mol. The Labute approximate surface area is 146 Å². The van der Waals surface area contributed by atoms with E-state index in [-0.39, 0.29) is 0 Å². The lowest BCUT2D eigenvalue weighted by molar-refractivity contribution is -0.137. The number of aromatic nitrogens is 1. The number of rotatable bonds is 4. The first-order valence-electron chi connectivity index (χ1n) is 8.83. The summed E-state index contributed by atoms with van der Waals surface area (Å²) in [7, 11) is 2.02. The minimum Gasteiger partial charge on any atom is -0.344 e. The number of allylic oxidation sites excluding steroid dienone is 2. The normalized spacial score (nSPS) is 17.4. The van der Waals surface area contributed by atoms with Crippen LogP contribution in [0, 0.1) is 5.92 Å². The van der Waals surface area contributed by atoms with Crippen LogP contribution in [0.1, 0.15) is 37.1 Å². The van der Waals surface area contributed by atoms with Crippen molar-refractivity contribution in [3.8, 4) is 0 Å². The van der Waals surface area contributed by atoms with Gasteiger partial charge in [-0.25, -0.2) is 0 Å². The Hall–Kier alpha value is -1.75. The summed E-state index contributed by atoms with van der Waals surface area (Å²) < 4.78 is 41.7. The van der Waals surface area contributed by atoms with Crippen molar-refractivity contribution < 1.29 is 13.2 Å². The van der Waals surface area contributed by atoms with Gasteiger partial charge in [-0.2, -0.15) is 13.2 Å². The van der Waals surface area contributed by atoms with Crippen LogP contribution in [-0.2, 0) is 25.7 Å². The van der Waals surface area contributed by atoms with Crippen molar-refractivity contribution >= 4 is 10.9 Å². The van der Waals surface area contributed by atoms with Crippen LogP contribution < -0.4 is 0 Å². The molecular formula is C20H25F3N2. The summed E-state index contributed by atoms with van der Waals surface area (Å²) in [4.78, 5) is 2.18. The number of alkyl halides is 3. The van der Waals surface area contributed by atoms with Crippen LogP contribution in [0.5, 0.6) is 0 Å². The van der Waals surface area contributed by atoms with Gasteiger partial charge in [0.25, 0.3) is 0 Å². The largest absolute Gasteiger partial charge is 0.416 e. The monoisotopic (exact) mass is 350 g/mol. The Morgan fingerprint density at radius 3 is 2.72 bits per heavy atom. The molecule has 0 radical (unpaired) electrons. The lowest BCUT2D eigenvalue weighted by atomic mass is 10.0. The third-order valence-electron chi connectivity index (χ3n) is 5.10. The van der Waals surface area contributed by atoms with Gasteiger partial charge in [-0.15, -0.1) is 0 Å². The summed E-state index contributed by atoms with van der Waals surface area (Å²) in [5, 5.41) is 0.759. The zero-order chi connectivity index (χ0) is 18.2. The van der Waals surface area contributed by atoms with Gasteiger partial charge in [0.2, 0.25) is 0 Å². The first-order valence-corrected chi connectivity index (χ1v) is 8.83. The molecule has 136 valence electrons. The van der Waals surface area contributed by atoms with E-state index in [2.05, 4.69) is 28.5 Å². The van der Waals surface area contributed by atoms with Crippen LogP contribution in [0.25, 0.3) is 10.9 Å². The second-order valence-electron chi connectivity index (χ2n) is 7.09. The molecule has 1 aliphatic rings. The molecule has 3 rings (SSSR count). The van der Waals surface area contributed by atoms with Gasteiger partial charge < -0.3 is 9.47 Å². The molecule has 0 saturated carbocycles. The zero-order valence-corrected chi connectivity index (χ0v) is 15.0. The summed E-state index contributed by atoms with van der Waals surface area (Å²) >= 11 is 0. The van der Waals surface area contributed by atoms with E-state index in [9.17, 15) is 13.2 Å². The number of benzene rings is 1. The minimum atomic E-state index is -4.30. The Morgan fingerprint density at radius 1 is 1.28 bits per heavy atom. The van der Waals surface area contributed by atoms with Crippen molar-refractivity contribution in [3.05, 3.63) is 47.2 Å². The zero-order valence-electron chi connectivity index (χ0n) is 15.0. The number of aryl methyl sites for hydroxylation is 1. The van der Waals surface area contributed by atoms with Crippen molar-refractivity contribution in [1.29, 1.82) is 0 Å². The third kappa shape index (κ3) is 3.61. The van der Waals surface area contributed by atoms with E-state index >= 15 is 0 Å². The lowest BCUT2D eigenvalue weighted by Gasteiger charge is -2.24. The maximum atomic E-state index is 13.1. The first-order chi connectivity index (χ1) is 11.8. The minimum absolute atomic E-state index is 0.457. The lowest BCUT2D eigenvalue weighted by Crippen LogP contribution is -2.27. The van der Waals surface area contributed by atoms with Gasteiger partial charge >= 0.3 is 6.18 Å². The molecule has 1 aromatic carbocycles. The van der Waals surface area contributed by atoms with Crippen LogP contribution in [0.2, 0.25) is 0 Å². The van der Waals surface area contributed by atoms with Crippen LogP contribution in [0.3, 0.4) is 0 Å². The van der Waals surface area contributed by atoms with E-state index < -0.39 is 11.7 Å². The molecule has 0 fully saturated rings. The molecule has 0 saturated heterocycles. The third-order valence-corrected chi connectivity index (χ3v) is 5.10. The molecule has 1 atom stereocenters. The summed E-state index contributed by atoms with van der Waals surface area (Å²) in [6.45, 7) is 6.68. The Morgan fingerprint density at radius 2 is 2.04 bits per heavy atom. The van der Waals surface area contributed by atoms with Crippen molar-refractivity contribution in [3.63, 3.8) is 0 Å². The standard InChI is InChI=1S/C20H25F3N2/c1-4-5-14(2)8-11-25-18-7-6-15(20(21,22)23)12-16(18)17-13-24(3)10-9-19(17)25/h4-7,12,14H,8-11,13H2,1-3H3/b5-4-. The van der Waals surface area contributed by atoms with Crippen LogP contribution in [0.15, 0.2) is 30.4 Å². The van der Waals surface area contributed by atoms with Gasteiger partial charge in [0.15, 0.2) is 0 Å². The highest BCUT2D eigenvalue weighted by atomic mass is 19.4. The highest BCUT2D eigenvalue weighted by Crippen LogP contribution is 2.36. The second-order valence-corrected chi connectivity index (χ2v) is 7.09. The summed E-state index contributed by atoms with van der Waals surface area (Å²) in [5.74, 6) is 0.457. The molecule has 1 aliphatic heterocycles. The molecule has 0 spiro atoms. The van der Waals surface area contributed by atoms with Crippen molar-refractivity contribution in [2.24, 2.45) is 5.92 Å². The van der Waals surface area contributed by atoms with E-state index in [0.29, 0.717) is 12.5 Å². The van der Waals surface area contributed by atoms with Crippen molar-refractivity contribution in [1.82, 2.24) is 9.47 Å². The SMILES string of the molecule is C/C=C\C(C)CCn1c2c(c3cc(C(F)(F)F)ccc31)CN(C)CC2.